The lowest BCUT2D eigenvalue weighted by atomic mass is 9.34. The minimum atomic E-state index is -1.07. The third kappa shape index (κ3) is 3.80. The van der Waals surface area contributed by atoms with E-state index in [2.05, 4.69) is 46.1 Å². The van der Waals surface area contributed by atoms with Crippen molar-refractivity contribution >= 4 is 0 Å². The van der Waals surface area contributed by atoms with Crippen molar-refractivity contribution < 1.29 is 30.6 Å². The topological polar surface area (TPSA) is 110 Å². The van der Waals surface area contributed by atoms with Crippen molar-refractivity contribution in [2.45, 2.75) is 130 Å². The first-order chi connectivity index (χ1) is 16.5. The number of hydrogen-bond acceptors (Lipinski definition) is 6. The van der Waals surface area contributed by atoms with E-state index in [0.717, 1.165) is 38.5 Å². The highest BCUT2D eigenvalue weighted by Gasteiger charge is 2.73. The molecule has 4 rings (SSSR count). The van der Waals surface area contributed by atoms with Gasteiger partial charge in [0.05, 0.1) is 23.9 Å². The largest absolute Gasteiger partial charge is 0.393 e. The van der Waals surface area contributed by atoms with Crippen LogP contribution in [0.4, 0.5) is 0 Å². The van der Waals surface area contributed by atoms with Gasteiger partial charge in [-0.15, -0.1) is 0 Å². The third-order valence-corrected chi connectivity index (χ3v) is 12.8. The molecule has 208 valence electrons. The van der Waals surface area contributed by atoms with E-state index in [4.69, 9.17) is 0 Å². The van der Waals surface area contributed by atoms with Crippen LogP contribution < -0.4 is 0 Å². The van der Waals surface area contributed by atoms with Gasteiger partial charge >= 0.3 is 0 Å². The smallest absolute Gasteiger partial charge is 0.113 e. The zero-order chi connectivity index (χ0) is 27.1. The van der Waals surface area contributed by atoms with Crippen LogP contribution in [0.1, 0.15) is 99.8 Å². The van der Waals surface area contributed by atoms with Crippen molar-refractivity contribution in [3.8, 4) is 0 Å². The molecule has 4 aliphatic rings. The number of fused-ring (bicyclic) bond motifs is 5. The van der Waals surface area contributed by atoms with Crippen molar-refractivity contribution in [1.29, 1.82) is 0 Å². The molecule has 36 heavy (non-hydrogen) atoms. The van der Waals surface area contributed by atoms with E-state index in [0.29, 0.717) is 18.4 Å². The minimum Gasteiger partial charge on any atom is -0.393 e. The zero-order valence-corrected chi connectivity index (χ0v) is 23.6. The van der Waals surface area contributed by atoms with Crippen molar-refractivity contribution in [1.82, 2.24) is 0 Å². The first-order valence-corrected chi connectivity index (χ1v) is 14.2. The van der Waals surface area contributed by atoms with Crippen LogP contribution >= 0.6 is 0 Å². The Hall–Kier alpha value is -0.500. The van der Waals surface area contributed by atoms with Gasteiger partial charge in [-0.05, 0) is 116 Å². The molecule has 6 nitrogen and oxygen atoms in total. The summed E-state index contributed by atoms with van der Waals surface area (Å²) < 4.78 is 0. The molecule has 6 heteroatoms. The highest BCUT2D eigenvalue weighted by Crippen LogP contribution is 2.75. The summed E-state index contributed by atoms with van der Waals surface area (Å²) in [7, 11) is 0. The molecule has 12 unspecified atom stereocenters. The molecule has 0 aromatic rings. The fourth-order valence-corrected chi connectivity index (χ4v) is 10.5. The van der Waals surface area contributed by atoms with E-state index in [1.165, 1.54) is 0 Å². The standard InChI is InChI=1S/C30H52O6/c1-17(2)19(36-35)10-16-30(8,34)18-9-14-28(6)22(18)23(32)24(33)25-27(5)13-12-21(31)26(3,4)20(27)11-15-29(25,28)7/h18-25,31-35H,1,9-16H2,2-8H3. The van der Waals surface area contributed by atoms with Crippen LogP contribution in [0, 0.1) is 45.3 Å². The lowest BCUT2D eigenvalue weighted by Gasteiger charge is -2.71. The van der Waals surface area contributed by atoms with Crippen LogP contribution in [-0.4, -0.2) is 55.7 Å². The van der Waals surface area contributed by atoms with Gasteiger partial charge in [0.25, 0.3) is 0 Å². The molecule has 0 bridgehead atoms. The van der Waals surface area contributed by atoms with Gasteiger partial charge < -0.3 is 20.4 Å². The molecule has 12 atom stereocenters. The monoisotopic (exact) mass is 508 g/mol. The Morgan fingerprint density at radius 2 is 1.58 bits per heavy atom. The van der Waals surface area contributed by atoms with Crippen LogP contribution in [0.5, 0.6) is 0 Å². The summed E-state index contributed by atoms with van der Waals surface area (Å²) in [6.45, 7) is 18.8. The van der Waals surface area contributed by atoms with Gasteiger partial charge in [0, 0.05) is 0 Å². The summed E-state index contributed by atoms with van der Waals surface area (Å²) in [4.78, 5) is 4.59. The molecule has 5 N–H and O–H groups in total. The molecule has 0 spiro atoms. The van der Waals surface area contributed by atoms with Gasteiger partial charge in [0.15, 0.2) is 0 Å². The molecular weight excluding hydrogens is 456 g/mol. The lowest BCUT2D eigenvalue weighted by Crippen LogP contribution is -2.71. The average Bonchev–Trinajstić information content (AvgIpc) is 3.15. The molecule has 4 fully saturated rings. The average molecular weight is 509 g/mol. The van der Waals surface area contributed by atoms with Crippen molar-refractivity contribution in [2.75, 3.05) is 0 Å². The normalized spacial score (nSPS) is 50.4. The molecule has 0 aromatic heterocycles. The lowest BCUT2D eigenvalue weighted by molar-refractivity contribution is -0.285. The van der Waals surface area contributed by atoms with Gasteiger partial charge in [0.1, 0.15) is 6.10 Å². The molecule has 0 saturated heterocycles. The maximum absolute atomic E-state index is 11.9. The van der Waals surface area contributed by atoms with Crippen LogP contribution in [0.25, 0.3) is 0 Å². The van der Waals surface area contributed by atoms with Crippen molar-refractivity contribution in [2.24, 2.45) is 45.3 Å². The molecule has 0 heterocycles. The van der Waals surface area contributed by atoms with E-state index in [-0.39, 0.29) is 51.4 Å². The Kier molecular flexibility index (Phi) is 7.15. The van der Waals surface area contributed by atoms with E-state index < -0.39 is 23.9 Å². The van der Waals surface area contributed by atoms with Crippen LogP contribution in [0.3, 0.4) is 0 Å². The van der Waals surface area contributed by atoms with Gasteiger partial charge in [-0.1, -0.05) is 41.2 Å². The van der Waals surface area contributed by atoms with Crippen LogP contribution in [0.15, 0.2) is 12.2 Å². The molecule has 0 radical (unpaired) electrons. The third-order valence-electron chi connectivity index (χ3n) is 12.8. The Morgan fingerprint density at radius 1 is 0.972 bits per heavy atom. The Morgan fingerprint density at radius 3 is 2.17 bits per heavy atom. The van der Waals surface area contributed by atoms with Gasteiger partial charge in [-0.3, -0.25) is 5.26 Å². The van der Waals surface area contributed by atoms with Crippen LogP contribution in [-0.2, 0) is 4.89 Å². The molecule has 4 aliphatic carbocycles. The first-order valence-electron chi connectivity index (χ1n) is 14.2. The fourth-order valence-electron chi connectivity index (χ4n) is 10.5. The molecule has 0 amide bonds. The van der Waals surface area contributed by atoms with Gasteiger partial charge in [0.2, 0.25) is 0 Å². The molecule has 0 aliphatic heterocycles. The van der Waals surface area contributed by atoms with Gasteiger partial charge in [-0.25, -0.2) is 4.89 Å². The number of rotatable bonds is 6. The zero-order valence-electron chi connectivity index (χ0n) is 23.6. The van der Waals surface area contributed by atoms with Crippen molar-refractivity contribution in [3.05, 3.63) is 12.2 Å². The van der Waals surface area contributed by atoms with E-state index in [1.807, 2.05) is 6.92 Å². The summed E-state index contributed by atoms with van der Waals surface area (Å²) in [6.07, 6.45) is 3.44. The highest BCUT2D eigenvalue weighted by atomic mass is 17.1. The predicted octanol–water partition coefficient (Wildman–Crippen LogP) is 4.94. The summed E-state index contributed by atoms with van der Waals surface area (Å²) in [5.41, 5.74) is -1.17. The second-order valence-electron chi connectivity index (χ2n) is 14.8. The Bertz CT molecular complexity index is 854. The summed E-state index contributed by atoms with van der Waals surface area (Å²) in [6, 6.07) is 0. The van der Waals surface area contributed by atoms with E-state index in [1.54, 1.807) is 6.92 Å². The molecular formula is C30H52O6. The second kappa shape index (κ2) is 9.02. The Balaban J connectivity index is 1.68. The summed E-state index contributed by atoms with van der Waals surface area (Å²) in [5, 5.41) is 55.6. The first kappa shape index (κ1) is 28.5. The second-order valence-corrected chi connectivity index (χ2v) is 14.8. The number of hydrogen-bond donors (Lipinski definition) is 5. The maximum atomic E-state index is 11.9. The van der Waals surface area contributed by atoms with Crippen molar-refractivity contribution in [3.63, 3.8) is 0 Å². The number of aliphatic hydroxyl groups is 4. The molecule has 0 aromatic carbocycles. The van der Waals surface area contributed by atoms with E-state index in [9.17, 15) is 25.7 Å². The fraction of sp³-hybridized carbons (Fsp3) is 0.933. The predicted molar refractivity (Wildman–Crippen MR) is 140 cm³/mol. The quantitative estimate of drug-likeness (QED) is 0.197. The van der Waals surface area contributed by atoms with Gasteiger partial charge in [-0.2, -0.15) is 0 Å². The summed E-state index contributed by atoms with van der Waals surface area (Å²) >= 11 is 0. The molecule has 4 saturated carbocycles. The minimum absolute atomic E-state index is 0.0638. The van der Waals surface area contributed by atoms with E-state index >= 15 is 0 Å². The van der Waals surface area contributed by atoms with Crippen LogP contribution in [0.2, 0.25) is 0 Å². The highest BCUT2D eigenvalue weighted by molar-refractivity contribution is 5.22. The maximum Gasteiger partial charge on any atom is 0.113 e. The Labute approximate surface area is 218 Å². The SMILES string of the molecule is C=C(C)C(CCC(C)(O)C1CCC2(C)C1C(O)C(O)C1C3(C)CCC(O)C(C)(C)C3CCC12C)OO. The summed E-state index contributed by atoms with van der Waals surface area (Å²) in [5.74, 6) is -0.160. The number of aliphatic hydroxyl groups excluding tert-OH is 3.